The number of aromatic nitrogens is 2. The number of ether oxygens (including phenoxy) is 2. The van der Waals surface area contributed by atoms with Crippen LogP contribution in [0.2, 0.25) is 0 Å². The fourth-order valence-electron chi connectivity index (χ4n) is 2.48. The Morgan fingerprint density at radius 2 is 2.07 bits per heavy atom. The zero-order valence-electron chi connectivity index (χ0n) is 16.5. The molecular weight excluding hydrogens is 457 g/mol. The Kier molecular flexibility index (Phi) is 10.6. The summed E-state index contributed by atoms with van der Waals surface area (Å²) < 4.78 is 12.9. The molecule has 0 saturated carbocycles. The molecular formula is C19H30IN5O2. The number of rotatable bonds is 9. The third kappa shape index (κ3) is 7.66. The molecule has 0 aliphatic rings. The number of benzene rings is 1. The minimum atomic E-state index is 0. The van der Waals surface area contributed by atoms with Crippen molar-refractivity contribution >= 4 is 35.6 Å². The summed E-state index contributed by atoms with van der Waals surface area (Å²) in [4.78, 5) is 4.63. The third-order valence-corrected chi connectivity index (χ3v) is 3.65. The normalized spacial score (nSPS) is 10.9. The molecule has 0 fully saturated rings. The van der Waals surface area contributed by atoms with E-state index in [1.54, 1.807) is 7.11 Å². The lowest BCUT2D eigenvalue weighted by Crippen LogP contribution is -2.30. The summed E-state index contributed by atoms with van der Waals surface area (Å²) in [7, 11) is 1.64. The Labute approximate surface area is 178 Å². The molecule has 0 amide bonds. The average Bonchev–Trinajstić information content (AvgIpc) is 3.05. The van der Waals surface area contributed by atoms with Crippen LogP contribution >= 0.6 is 24.0 Å². The lowest BCUT2D eigenvalue weighted by Gasteiger charge is -2.14. The number of guanidine groups is 1. The minimum absolute atomic E-state index is 0. The average molecular weight is 487 g/mol. The van der Waals surface area contributed by atoms with Crippen LogP contribution in [0.4, 0.5) is 5.69 Å². The van der Waals surface area contributed by atoms with E-state index in [0.717, 1.165) is 36.9 Å². The van der Waals surface area contributed by atoms with E-state index in [9.17, 15) is 0 Å². The molecule has 2 N–H and O–H groups in total. The van der Waals surface area contributed by atoms with Crippen LogP contribution in [0.25, 0.3) is 0 Å². The largest absolute Gasteiger partial charge is 0.493 e. The van der Waals surface area contributed by atoms with Crippen molar-refractivity contribution in [3.8, 4) is 11.5 Å². The maximum absolute atomic E-state index is 5.55. The molecule has 8 heteroatoms. The Bertz CT molecular complexity index is 718. The van der Waals surface area contributed by atoms with E-state index in [2.05, 4.69) is 20.7 Å². The summed E-state index contributed by atoms with van der Waals surface area (Å²) in [5.41, 5.74) is 2.07. The van der Waals surface area contributed by atoms with Crippen LogP contribution in [-0.4, -0.2) is 42.5 Å². The molecule has 1 aromatic heterocycles. The predicted molar refractivity (Wildman–Crippen MR) is 121 cm³/mol. The van der Waals surface area contributed by atoms with Crippen molar-refractivity contribution in [3.63, 3.8) is 0 Å². The first kappa shape index (κ1) is 23.1. The second-order valence-electron chi connectivity index (χ2n) is 5.82. The third-order valence-electron chi connectivity index (χ3n) is 3.65. The molecule has 0 aliphatic carbocycles. The van der Waals surface area contributed by atoms with Gasteiger partial charge < -0.3 is 20.1 Å². The second kappa shape index (κ2) is 12.4. The molecule has 2 rings (SSSR count). The van der Waals surface area contributed by atoms with Gasteiger partial charge in [0.25, 0.3) is 0 Å². The Morgan fingerprint density at radius 3 is 2.70 bits per heavy atom. The van der Waals surface area contributed by atoms with E-state index in [-0.39, 0.29) is 24.0 Å². The molecule has 0 unspecified atom stereocenters. The van der Waals surface area contributed by atoms with Crippen molar-refractivity contribution in [2.75, 3.05) is 32.1 Å². The highest BCUT2D eigenvalue weighted by Gasteiger charge is 2.07. The molecule has 0 saturated heterocycles. The van der Waals surface area contributed by atoms with Crippen molar-refractivity contribution in [1.82, 2.24) is 15.1 Å². The lowest BCUT2D eigenvalue weighted by molar-refractivity contribution is 0.311. The van der Waals surface area contributed by atoms with Gasteiger partial charge in [0, 0.05) is 37.6 Å². The van der Waals surface area contributed by atoms with Crippen LogP contribution in [-0.2, 0) is 6.54 Å². The van der Waals surface area contributed by atoms with Crippen molar-refractivity contribution in [1.29, 1.82) is 0 Å². The van der Waals surface area contributed by atoms with E-state index in [4.69, 9.17) is 9.47 Å². The van der Waals surface area contributed by atoms with Gasteiger partial charge in [-0.2, -0.15) is 5.10 Å². The zero-order valence-corrected chi connectivity index (χ0v) is 18.8. The number of nitrogens with one attached hydrogen (secondary N) is 2. The number of nitrogens with zero attached hydrogens (tertiary/aromatic N) is 3. The summed E-state index contributed by atoms with van der Waals surface area (Å²) in [6.07, 6.45) is 4.83. The molecule has 0 atom stereocenters. The van der Waals surface area contributed by atoms with Crippen LogP contribution in [0.15, 0.2) is 35.6 Å². The first-order valence-electron chi connectivity index (χ1n) is 9.01. The Hall–Kier alpha value is -1.97. The second-order valence-corrected chi connectivity index (χ2v) is 5.82. The van der Waals surface area contributed by atoms with Gasteiger partial charge in [-0.05, 0) is 44.9 Å². The predicted octanol–water partition coefficient (Wildman–Crippen LogP) is 3.68. The number of anilines is 1. The van der Waals surface area contributed by atoms with E-state index in [0.29, 0.717) is 18.9 Å². The van der Waals surface area contributed by atoms with E-state index in [1.807, 2.05) is 56.0 Å². The monoisotopic (exact) mass is 487 g/mol. The van der Waals surface area contributed by atoms with E-state index >= 15 is 0 Å². The zero-order chi connectivity index (χ0) is 18.8. The van der Waals surface area contributed by atoms with Crippen LogP contribution in [0.3, 0.4) is 0 Å². The molecule has 1 aromatic carbocycles. The summed E-state index contributed by atoms with van der Waals surface area (Å²) in [5, 5.41) is 10.9. The van der Waals surface area contributed by atoms with E-state index in [1.165, 1.54) is 5.56 Å². The molecule has 150 valence electrons. The van der Waals surface area contributed by atoms with Gasteiger partial charge in [-0.1, -0.05) is 0 Å². The Morgan fingerprint density at radius 1 is 1.26 bits per heavy atom. The first-order valence-corrected chi connectivity index (χ1v) is 9.01. The van der Waals surface area contributed by atoms with Crippen LogP contribution in [0.1, 0.15) is 25.8 Å². The van der Waals surface area contributed by atoms with Crippen molar-refractivity contribution in [2.24, 2.45) is 4.99 Å². The lowest BCUT2D eigenvalue weighted by atomic mass is 10.2. The quantitative estimate of drug-likeness (QED) is 0.244. The summed E-state index contributed by atoms with van der Waals surface area (Å²) in [6, 6.07) is 5.76. The van der Waals surface area contributed by atoms with Crippen LogP contribution < -0.4 is 20.1 Å². The van der Waals surface area contributed by atoms with Crippen molar-refractivity contribution in [2.45, 2.75) is 33.7 Å². The number of hydrogen-bond donors (Lipinski definition) is 2. The number of methoxy groups -OCH3 is 1. The highest BCUT2D eigenvalue weighted by Crippen LogP contribution is 2.30. The first-order chi connectivity index (χ1) is 12.7. The molecule has 0 aliphatic heterocycles. The minimum Gasteiger partial charge on any atom is -0.493 e. The topological polar surface area (TPSA) is 72.7 Å². The van der Waals surface area contributed by atoms with Gasteiger partial charge in [0.1, 0.15) is 0 Å². The number of hydrogen-bond acceptors (Lipinski definition) is 4. The van der Waals surface area contributed by atoms with Gasteiger partial charge in [0.2, 0.25) is 0 Å². The maximum Gasteiger partial charge on any atom is 0.195 e. The SMILES string of the molecule is CCNC(=NCCCn1cc(C)cn1)Nc1ccc(OCC)c(OC)c1.I. The molecule has 7 nitrogen and oxygen atoms in total. The van der Waals surface area contributed by atoms with Gasteiger partial charge in [-0.3, -0.25) is 9.67 Å². The van der Waals surface area contributed by atoms with Gasteiger partial charge >= 0.3 is 0 Å². The maximum atomic E-state index is 5.55. The van der Waals surface area contributed by atoms with Gasteiger partial charge in [0.05, 0.1) is 19.9 Å². The summed E-state index contributed by atoms with van der Waals surface area (Å²) >= 11 is 0. The van der Waals surface area contributed by atoms with Gasteiger partial charge in [-0.25, -0.2) is 0 Å². The number of halogens is 1. The highest BCUT2D eigenvalue weighted by molar-refractivity contribution is 14.0. The molecule has 1 heterocycles. The summed E-state index contributed by atoms with van der Waals surface area (Å²) in [5.74, 6) is 2.18. The fraction of sp³-hybridized carbons (Fsp3) is 0.474. The number of aryl methyl sites for hydroxylation is 2. The fourth-order valence-corrected chi connectivity index (χ4v) is 2.48. The van der Waals surface area contributed by atoms with Gasteiger partial charge in [0.15, 0.2) is 17.5 Å². The standard InChI is InChI=1S/C19H29N5O2.HI/c1-5-20-19(21-10-7-11-24-14-15(3)13-22-24)23-16-8-9-17(26-6-2)18(12-16)25-4;/h8-9,12-14H,5-7,10-11H2,1-4H3,(H2,20,21,23);1H. The van der Waals surface area contributed by atoms with E-state index < -0.39 is 0 Å². The molecule has 0 spiro atoms. The molecule has 2 aromatic rings. The molecule has 27 heavy (non-hydrogen) atoms. The summed E-state index contributed by atoms with van der Waals surface area (Å²) in [6.45, 7) is 8.99. The smallest absolute Gasteiger partial charge is 0.195 e. The van der Waals surface area contributed by atoms with Crippen molar-refractivity contribution in [3.05, 3.63) is 36.2 Å². The van der Waals surface area contributed by atoms with Crippen molar-refractivity contribution < 1.29 is 9.47 Å². The Balaban J connectivity index is 0.00000364. The number of aliphatic imine (C=N–C) groups is 1. The molecule has 0 bridgehead atoms. The van der Waals surface area contributed by atoms with Gasteiger partial charge in [-0.15, -0.1) is 24.0 Å². The highest BCUT2D eigenvalue weighted by atomic mass is 127. The molecule has 0 radical (unpaired) electrons. The van der Waals surface area contributed by atoms with Crippen LogP contribution in [0, 0.1) is 6.92 Å². The van der Waals surface area contributed by atoms with Crippen LogP contribution in [0.5, 0.6) is 11.5 Å².